The van der Waals surface area contributed by atoms with Crippen molar-refractivity contribution in [3.05, 3.63) is 0 Å². The maximum atomic E-state index is 11.5. The zero-order valence-electron chi connectivity index (χ0n) is 9.27. The molecule has 15 heavy (non-hydrogen) atoms. The van der Waals surface area contributed by atoms with Crippen molar-refractivity contribution in [1.29, 1.82) is 0 Å². The number of carbonyl (C=O) groups is 2. The maximum absolute atomic E-state index is 11.5. The number of hydrogen-bond donors (Lipinski definition) is 2. The average Bonchev–Trinajstić information content (AvgIpc) is 2.17. The van der Waals surface area contributed by atoms with Gasteiger partial charge in [0.15, 0.2) is 0 Å². The third-order valence-electron chi connectivity index (χ3n) is 2.10. The molecule has 0 aromatic heterocycles. The fourth-order valence-electron chi connectivity index (χ4n) is 1.22. The zero-order valence-corrected chi connectivity index (χ0v) is 9.27. The van der Waals surface area contributed by atoms with Crippen molar-refractivity contribution in [3.63, 3.8) is 0 Å². The number of carboxylic acid groups (broad SMARTS) is 1. The predicted molar refractivity (Wildman–Crippen MR) is 55.4 cm³/mol. The number of carboxylic acids is 1. The molecule has 5 nitrogen and oxygen atoms in total. The quantitative estimate of drug-likeness (QED) is 0.644. The van der Waals surface area contributed by atoms with E-state index >= 15 is 0 Å². The molecule has 0 radical (unpaired) electrons. The summed E-state index contributed by atoms with van der Waals surface area (Å²) in [7, 11) is 0. The van der Waals surface area contributed by atoms with Crippen LogP contribution in [-0.4, -0.2) is 46.7 Å². The Kier molecular flexibility index (Phi) is 6.70. The SMILES string of the molecule is CCCC(=O)N(CCO)CC(C)C(=O)O. The van der Waals surface area contributed by atoms with Crippen LogP contribution in [0, 0.1) is 5.92 Å². The first-order valence-electron chi connectivity index (χ1n) is 5.14. The number of aliphatic hydroxyl groups is 1. The van der Waals surface area contributed by atoms with Crippen LogP contribution in [0.1, 0.15) is 26.7 Å². The Morgan fingerprint density at radius 2 is 2.00 bits per heavy atom. The molecule has 1 amide bonds. The minimum atomic E-state index is -0.928. The fourth-order valence-corrected chi connectivity index (χ4v) is 1.22. The lowest BCUT2D eigenvalue weighted by Gasteiger charge is -2.23. The first-order valence-corrected chi connectivity index (χ1v) is 5.14. The Labute approximate surface area is 89.7 Å². The third-order valence-corrected chi connectivity index (χ3v) is 2.10. The predicted octanol–water partition coefficient (Wildman–Crippen LogP) is 0.328. The molecule has 0 rings (SSSR count). The molecule has 0 saturated heterocycles. The van der Waals surface area contributed by atoms with Crippen molar-refractivity contribution in [1.82, 2.24) is 4.90 Å². The molecule has 0 aromatic rings. The molecule has 88 valence electrons. The number of aliphatic carboxylic acids is 1. The molecule has 0 aliphatic heterocycles. The lowest BCUT2D eigenvalue weighted by Crippen LogP contribution is -2.38. The summed E-state index contributed by atoms with van der Waals surface area (Å²) in [6, 6.07) is 0. The van der Waals surface area contributed by atoms with Gasteiger partial charge < -0.3 is 15.1 Å². The molecular formula is C10H19NO4. The Morgan fingerprint density at radius 3 is 2.40 bits per heavy atom. The van der Waals surface area contributed by atoms with Gasteiger partial charge in [0, 0.05) is 19.5 Å². The van der Waals surface area contributed by atoms with Gasteiger partial charge in [0.05, 0.1) is 12.5 Å². The lowest BCUT2D eigenvalue weighted by atomic mass is 10.1. The van der Waals surface area contributed by atoms with Gasteiger partial charge in [0.25, 0.3) is 0 Å². The third kappa shape index (κ3) is 5.37. The normalized spacial score (nSPS) is 12.2. The maximum Gasteiger partial charge on any atom is 0.308 e. The highest BCUT2D eigenvalue weighted by Gasteiger charge is 2.19. The monoisotopic (exact) mass is 217 g/mol. The highest BCUT2D eigenvalue weighted by molar-refractivity contribution is 5.77. The fraction of sp³-hybridized carbons (Fsp3) is 0.800. The molecule has 0 bridgehead atoms. The Bertz CT molecular complexity index is 217. The van der Waals surface area contributed by atoms with Crippen LogP contribution < -0.4 is 0 Å². The Morgan fingerprint density at radius 1 is 1.40 bits per heavy atom. The number of hydrogen-bond acceptors (Lipinski definition) is 3. The van der Waals surface area contributed by atoms with Gasteiger partial charge in [-0.05, 0) is 6.42 Å². The van der Waals surface area contributed by atoms with E-state index in [1.54, 1.807) is 6.92 Å². The number of aliphatic hydroxyl groups excluding tert-OH is 1. The van der Waals surface area contributed by atoms with E-state index in [9.17, 15) is 9.59 Å². The first-order chi connectivity index (χ1) is 7.02. The minimum Gasteiger partial charge on any atom is -0.481 e. The number of nitrogens with zero attached hydrogens (tertiary/aromatic N) is 1. The van der Waals surface area contributed by atoms with E-state index < -0.39 is 11.9 Å². The van der Waals surface area contributed by atoms with E-state index in [4.69, 9.17) is 10.2 Å². The van der Waals surface area contributed by atoms with E-state index in [1.807, 2.05) is 6.92 Å². The van der Waals surface area contributed by atoms with Crippen LogP contribution in [-0.2, 0) is 9.59 Å². The second kappa shape index (κ2) is 7.23. The molecule has 1 atom stereocenters. The van der Waals surface area contributed by atoms with Crippen LogP contribution in [0.25, 0.3) is 0 Å². The van der Waals surface area contributed by atoms with Crippen molar-refractivity contribution in [2.24, 2.45) is 5.92 Å². The van der Waals surface area contributed by atoms with Gasteiger partial charge in [-0.1, -0.05) is 13.8 Å². The molecule has 0 saturated carbocycles. The zero-order chi connectivity index (χ0) is 11.8. The summed E-state index contributed by atoms with van der Waals surface area (Å²) in [5, 5.41) is 17.5. The van der Waals surface area contributed by atoms with E-state index in [-0.39, 0.29) is 25.6 Å². The van der Waals surface area contributed by atoms with Crippen LogP contribution >= 0.6 is 0 Å². The van der Waals surface area contributed by atoms with Crippen LogP contribution in [0.4, 0.5) is 0 Å². The number of carbonyl (C=O) groups excluding carboxylic acids is 1. The smallest absolute Gasteiger partial charge is 0.308 e. The highest BCUT2D eigenvalue weighted by Crippen LogP contribution is 2.03. The van der Waals surface area contributed by atoms with Crippen LogP contribution in [0.15, 0.2) is 0 Å². The minimum absolute atomic E-state index is 0.0975. The summed E-state index contributed by atoms with van der Waals surface area (Å²) >= 11 is 0. The van der Waals surface area contributed by atoms with Gasteiger partial charge in [-0.25, -0.2) is 0 Å². The number of rotatable bonds is 7. The molecule has 5 heteroatoms. The first kappa shape index (κ1) is 13.9. The van der Waals surface area contributed by atoms with Crippen LogP contribution in [0.5, 0.6) is 0 Å². The summed E-state index contributed by atoms with van der Waals surface area (Å²) in [5.74, 6) is -1.63. The van der Waals surface area contributed by atoms with Gasteiger partial charge >= 0.3 is 5.97 Å². The van der Waals surface area contributed by atoms with Gasteiger partial charge in [-0.2, -0.15) is 0 Å². The van der Waals surface area contributed by atoms with E-state index in [0.717, 1.165) is 6.42 Å². The largest absolute Gasteiger partial charge is 0.481 e. The molecule has 0 aromatic carbocycles. The van der Waals surface area contributed by atoms with Crippen molar-refractivity contribution in [3.8, 4) is 0 Å². The van der Waals surface area contributed by atoms with E-state index in [1.165, 1.54) is 4.90 Å². The van der Waals surface area contributed by atoms with Gasteiger partial charge in [-0.15, -0.1) is 0 Å². The summed E-state index contributed by atoms with van der Waals surface area (Å²) in [4.78, 5) is 23.5. The van der Waals surface area contributed by atoms with Crippen molar-refractivity contribution in [2.75, 3.05) is 19.7 Å². The van der Waals surface area contributed by atoms with E-state index in [2.05, 4.69) is 0 Å². The molecule has 1 unspecified atom stereocenters. The Hall–Kier alpha value is -1.10. The van der Waals surface area contributed by atoms with Gasteiger partial charge in [0.2, 0.25) is 5.91 Å². The molecule has 0 aliphatic rings. The van der Waals surface area contributed by atoms with Gasteiger partial charge in [0.1, 0.15) is 0 Å². The van der Waals surface area contributed by atoms with Crippen LogP contribution in [0.2, 0.25) is 0 Å². The second-order valence-corrected chi connectivity index (χ2v) is 3.55. The molecule has 0 heterocycles. The molecule has 0 aliphatic carbocycles. The Balaban J connectivity index is 4.25. The average molecular weight is 217 g/mol. The van der Waals surface area contributed by atoms with E-state index in [0.29, 0.717) is 6.42 Å². The highest BCUT2D eigenvalue weighted by atomic mass is 16.4. The summed E-state index contributed by atoms with van der Waals surface area (Å²) < 4.78 is 0. The molecule has 0 fully saturated rings. The van der Waals surface area contributed by atoms with Crippen molar-refractivity contribution >= 4 is 11.9 Å². The van der Waals surface area contributed by atoms with Crippen LogP contribution in [0.3, 0.4) is 0 Å². The molecular weight excluding hydrogens is 198 g/mol. The number of amides is 1. The van der Waals surface area contributed by atoms with Gasteiger partial charge in [-0.3, -0.25) is 9.59 Å². The summed E-state index contributed by atoms with van der Waals surface area (Å²) in [6.07, 6.45) is 1.12. The second-order valence-electron chi connectivity index (χ2n) is 3.55. The molecule has 0 spiro atoms. The van der Waals surface area contributed by atoms with Crippen molar-refractivity contribution in [2.45, 2.75) is 26.7 Å². The lowest BCUT2D eigenvalue weighted by molar-refractivity contribution is -0.143. The molecule has 2 N–H and O–H groups in total. The summed E-state index contributed by atoms with van der Waals surface area (Å²) in [5.41, 5.74) is 0. The van der Waals surface area contributed by atoms with Crippen molar-refractivity contribution < 1.29 is 19.8 Å². The topological polar surface area (TPSA) is 77.8 Å². The summed E-state index contributed by atoms with van der Waals surface area (Å²) in [6.45, 7) is 3.66. The standard InChI is InChI=1S/C10H19NO4/c1-3-4-9(13)11(5-6-12)7-8(2)10(14)15/h8,12H,3-7H2,1-2H3,(H,14,15).